The van der Waals surface area contributed by atoms with Crippen molar-refractivity contribution in [1.82, 2.24) is 0 Å². The molecule has 1 fully saturated rings. The minimum absolute atomic E-state index is 0.00300. The Labute approximate surface area is 185 Å². The van der Waals surface area contributed by atoms with E-state index >= 15 is 0 Å². The fraction of sp³-hybridized carbons (Fsp3) is 1.00. The molecule has 1 heterocycles. The average molecular weight is 431 g/mol. The molecule has 1 saturated heterocycles. The molecule has 3 N–H and O–H groups in total. The van der Waals surface area contributed by atoms with Crippen LogP contribution in [0.5, 0.6) is 0 Å². The van der Waals surface area contributed by atoms with Gasteiger partial charge in [-0.15, -0.1) is 0 Å². The normalized spacial score (nSPS) is 25.5. The molecule has 0 aliphatic carbocycles. The molecule has 0 saturated carbocycles. The first kappa shape index (κ1) is 27.8. The Morgan fingerprint density at radius 2 is 1.17 bits per heavy atom. The molecule has 0 radical (unpaired) electrons. The highest BCUT2D eigenvalue weighted by Crippen LogP contribution is 2.23. The molecule has 0 aromatic carbocycles. The summed E-state index contributed by atoms with van der Waals surface area (Å²) in [6.07, 6.45) is 16.4. The van der Waals surface area contributed by atoms with Gasteiger partial charge >= 0.3 is 0 Å². The zero-order valence-corrected chi connectivity index (χ0v) is 19.8. The minimum atomic E-state index is -1.20. The van der Waals surface area contributed by atoms with Crippen LogP contribution in [0.3, 0.4) is 0 Å². The van der Waals surface area contributed by atoms with Gasteiger partial charge in [-0.25, -0.2) is 0 Å². The van der Waals surface area contributed by atoms with E-state index in [1.807, 2.05) is 0 Å². The van der Waals surface area contributed by atoms with Gasteiger partial charge in [0.05, 0.1) is 13.2 Å². The number of hydrogen-bond donors (Lipinski definition) is 3. The summed E-state index contributed by atoms with van der Waals surface area (Å²) in [7, 11) is 0. The standard InChI is InChI=1S/C25H50O5/c1-3-5-7-9-11-12-14-16-18-21(17-15-13-10-8-6-4-2)19-29-25-24(28)23(27)22(26)20-30-25/h21-28H,3-20H2,1-2H3/t21?,22-,23+,24+,25?/m1/s1. The molecule has 0 aromatic heterocycles. The molecule has 1 rings (SSSR count). The lowest BCUT2D eigenvalue weighted by Gasteiger charge is -2.35. The van der Waals surface area contributed by atoms with Gasteiger partial charge in [0.2, 0.25) is 0 Å². The molecular formula is C25H50O5. The van der Waals surface area contributed by atoms with Gasteiger partial charge < -0.3 is 24.8 Å². The van der Waals surface area contributed by atoms with Crippen LogP contribution >= 0.6 is 0 Å². The molecule has 5 heteroatoms. The van der Waals surface area contributed by atoms with E-state index in [1.165, 1.54) is 89.9 Å². The van der Waals surface area contributed by atoms with Crippen LogP contribution in [0.2, 0.25) is 0 Å². The fourth-order valence-corrected chi connectivity index (χ4v) is 4.25. The third-order valence-corrected chi connectivity index (χ3v) is 6.38. The summed E-state index contributed by atoms with van der Waals surface area (Å²) in [6.45, 7) is 5.06. The molecule has 0 amide bonds. The average Bonchev–Trinajstić information content (AvgIpc) is 2.75. The van der Waals surface area contributed by atoms with Crippen LogP contribution in [-0.4, -0.2) is 53.1 Å². The van der Waals surface area contributed by atoms with E-state index in [4.69, 9.17) is 9.47 Å². The van der Waals surface area contributed by atoms with Crippen LogP contribution in [0.4, 0.5) is 0 Å². The van der Waals surface area contributed by atoms with Crippen molar-refractivity contribution in [3.05, 3.63) is 0 Å². The van der Waals surface area contributed by atoms with Crippen molar-refractivity contribution < 1.29 is 24.8 Å². The van der Waals surface area contributed by atoms with Crippen molar-refractivity contribution in [1.29, 1.82) is 0 Å². The van der Waals surface area contributed by atoms with Crippen LogP contribution in [0, 0.1) is 5.92 Å². The fourth-order valence-electron chi connectivity index (χ4n) is 4.25. The number of aliphatic hydroxyl groups excluding tert-OH is 3. The third-order valence-electron chi connectivity index (χ3n) is 6.38. The number of ether oxygens (including phenoxy) is 2. The molecule has 0 spiro atoms. The van der Waals surface area contributed by atoms with Gasteiger partial charge in [-0.1, -0.05) is 104 Å². The predicted octanol–water partition coefficient (Wildman–Crippen LogP) is 5.34. The number of aliphatic hydroxyl groups is 3. The summed E-state index contributed by atoms with van der Waals surface area (Å²) in [5.74, 6) is 0.469. The summed E-state index contributed by atoms with van der Waals surface area (Å²) < 4.78 is 11.3. The highest BCUT2D eigenvalue weighted by atomic mass is 16.7. The summed E-state index contributed by atoms with van der Waals surface area (Å²) in [4.78, 5) is 0. The van der Waals surface area contributed by atoms with E-state index in [9.17, 15) is 15.3 Å². The van der Waals surface area contributed by atoms with E-state index in [2.05, 4.69) is 13.8 Å². The number of unbranched alkanes of at least 4 members (excludes halogenated alkanes) is 12. The first-order valence-corrected chi connectivity index (χ1v) is 12.9. The van der Waals surface area contributed by atoms with E-state index in [0.717, 1.165) is 12.8 Å². The smallest absolute Gasteiger partial charge is 0.186 e. The van der Waals surface area contributed by atoms with Crippen LogP contribution in [0.25, 0.3) is 0 Å². The zero-order chi connectivity index (χ0) is 22.0. The van der Waals surface area contributed by atoms with Crippen LogP contribution in [0.15, 0.2) is 0 Å². The lowest BCUT2D eigenvalue weighted by Crippen LogP contribution is -2.53. The molecule has 5 nitrogen and oxygen atoms in total. The third kappa shape index (κ3) is 12.6. The van der Waals surface area contributed by atoms with E-state index < -0.39 is 24.6 Å². The van der Waals surface area contributed by atoms with Crippen molar-refractivity contribution in [2.75, 3.05) is 13.2 Å². The largest absolute Gasteiger partial charge is 0.388 e. The monoisotopic (exact) mass is 430 g/mol. The van der Waals surface area contributed by atoms with Crippen molar-refractivity contribution in [2.24, 2.45) is 5.92 Å². The predicted molar refractivity (Wildman–Crippen MR) is 122 cm³/mol. The van der Waals surface area contributed by atoms with Gasteiger partial charge in [-0.2, -0.15) is 0 Å². The summed E-state index contributed by atoms with van der Waals surface area (Å²) in [5, 5.41) is 29.5. The van der Waals surface area contributed by atoms with Crippen molar-refractivity contribution in [2.45, 2.75) is 141 Å². The van der Waals surface area contributed by atoms with Crippen LogP contribution in [-0.2, 0) is 9.47 Å². The highest BCUT2D eigenvalue weighted by molar-refractivity contribution is 4.82. The van der Waals surface area contributed by atoms with Crippen molar-refractivity contribution >= 4 is 0 Å². The Bertz CT molecular complexity index is 379. The maximum Gasteiger partial charge on any atom is 0.186 e. The quantitative estimate of drug-likeness (QED) is 0.241. The van der Waals surface area contributed by atoms with Crippen LogP contribution < -0.4 is 0 Å². The lowest BCUT2D eigenvalue weighted by atomic mass is 9.94. The lowest BCUT2D eigenvalue weighted by molar-refractivity contribution is -0.272. The Balaban J connectivity index is 2.29. The maximum atomic E-state index is 10.1. The molecule has 0 aromatic rings. The first-order valence-electron chi connectivity index (χ1n) is 12.9. The maximum absolute atomic E-state index is 10.1. The molecule has 1 aliphatic rings. The van der Waals surface area contributed by atoms with E-state index in [0.29, 0.717) is 12.5 Å². The number of rotatable bonds is 19. The second kappa shape index (κ2) is 18.4. The van der Waals surface area contributed by atoms with Gasteiger partial charge in [0, 0.05) is 0 Å². The molecule has 5 atom stereocenters. The minimum Gasteiger partial charge on any atom is -0.388 e. The zero-order valence-electron chi connectivity index (χ0n) is 19.8. The molecular weight excluding hydrogens is 380 g/mol. The van der Waals surface area contributed by atoms with E-state index in [-0.39, 0.29) is 6.61 Å². The summed E-state index contributed by atoms with van der Waals surface area (Å²) in [5.41, 5.74) is 0. The van der Waals surface area contributed by atoms with Crippen molar-refractivity contribution in [3.8, 4) is 0 Å². The van der Waals surface area contributed by atoms with Gasteiger partial charge in [0.1, 0.15) is 18.3 Å². The van der Waals surface area contributed by atoms with E-state index in [1.54, 1.807) is 0 Å². The molecule has 2 unspecified atom stereocenters. The first-order chi connectivity index (χ1) is 14.6. The Hall–Kier alpha value is -0.200. The SMILES string of the molecule is CCCCCCCCCCC(CCCCCCCC)COC1OC[C@@H](O)[C@H](O)[C@@H]1O. The molecule has 1 aliphatic heterocycles. The van der Waals surface area contributed by atoms with Crippen molar-refractivity contribution in [3.63, 3.8) is 0 Å². The van der Waals surface area contributed by atoms with Crippen LogP contribution in [0.1, 0.15) is 117 Å². The van der Waals surface area contributed by atoms with Gasteiger partial charge in [-0.05, 0) is 18.8 Å². The second-order valence-corrected chi connectivity index (χ2v) is 9.27. The highest BCUT2D eigenvalue weighted by Gasteiger charge is 2.38. The molecule has 180 valence electrons. The second-order valence-electron chi connectivity index (χ2n) is 9.27. The van der Waals surface area contributed by atoms with Gasteiger partial charge in [-0.3, -0.25) is 0 Å². The molecule has 0 bridgehead atoms. The Kier molecular flexibility index (Phi) is 17.1. The summed E-state index contributed by atoms with van der Waals surface area (Å²) in [6, 6.07) is 0. The van der Waals surface area contributed by atoms with Gasteiger partial charge in [0.15, 0.2) is 6.29 Å². The molecule has 30 heavy (non-hydrogen) atoms. The number of hydrogen-bond acceptors (Lipinski definition) is 5. The Morgan fingerprint density at radius 3 is 1.67 bits per heavy atom. The Morgan fingerprint density at radius 1 is 0.700 bits per heavy atom. The summed E-state index contributed by atoms with van der Waals surface area (Å²) >= 11 is 0. The van der Waals surface area contributed by atoms with Gasteiger partial charge in [0.25, 0.3) is 0 Å². The topological polar surface area (TPSA) is 79.2 Å².